The highest BCUT2D eigenvalue weighted by Gasteiger charge is 2.28. The molecular formula is C20H26ClN3O2S. The van der Waals surface area contributed by atoms with Crippen LogP contribution in [0.25, 0.3) is 10.6 Å². The van der Waals surface area contributed by atoms with Crippen LogP contribution in [-0.2, 0) is 4.79 Å². The number of piperidine rings is 1. The summed E-state index contributed by atoms with van der Waals surface area (Å²) in [6, 6.07) is 8.82. The quantitative estimate of drug-likeness (QED) is 0.782. The summed E-state index contributed by atoms with van der Waals surface area (Å²) in [5, 5.41) is 23.4. The molecule has 1 saturated heterocycles. The van der Waals surface area contributed by atoms with Crippen LogP contribution in [0.2, 0.25) is 0 Å². The molecule has 1 aromatic heterocycles. The topological polar surface area (TPSA) is 75.1 Å². The third-order valence-corrected chi connectivity index (χ3v) is 6.97. The van der Waals surface area contributed by atoms with E-state index in [0.29, 0.717) is 11.8 Å². The van der Waals surface area contributed by atoms with E-state index in [2.05, 4.69) is 39.8 Å². The molecule has 1 saturated carbocycles. The Balaban J connectivity index is 0.00000210. The van der Waals surface area contributed by atoms with Gasteiger partial charge in [0.15, 0.2) is 0 Å². The lowest BCUT2D eigenvalue weighted by atomic mass is 9.82. The maximum absolute atomic E-state index is 11.1. The molecule has 0 bridgehead atoms. The molecule has 0 unspecified atom stereocenters. The average Bonchev–Trinajstić information content (AvgIpc) is 3.19. The molecule has 0 amide bonds. The standard InChI is InChI=1S/C20H25N3O2S.ClH/c24-20(25)17-7-5-16(6-8-17)19-23-22-18(26-19)15-3-1-13(2-4-15)14-9-11-21-12-10-14;/h1-4,14,16-17,21H,5-12H2,(H,24,25);1H/t16-,17-;. The van der Waals surface area contributed by atoms with Gasteiger partial charge in [0.2, 0.25) is 0 Å². The molecule has 7 heteroatoms. The van der Waals surface area contributed by atoms with Crippen LogP contribution in [0.1, 0.15) is 60.9 Å². The summed E-state index contributed by atoms with van der Waals surface area (Å²) >= 11 is 1.66. The summed E-state index contributed by atoms with van der Waals surface area (Å²) < 4.78 is 0. The Kier molecular flexibility index (Phi) is 6.84. The molecule has 2 heterocycles. The number of hydrogen-bond donors (Lipinski definition) is 2. The third kappa shape index (κ3) is 4.68. The monoisotopic (exact) mass is 407 g/mol. The Morgan fingerprint density at radius 3 is 2.26 bits per heavy atom. The van der Waals surface area contributed by atoms with Crippen molar-refractivity contribution in [2.24, 2.45) is 5.92 Å². The van der Waals surface area contributed by atoms with Crippen LogP contribution in [0.15, 0.2) is 24.3 Å². The van der Waals surface area contributed by atoms with Crippen molar-refractivity contribution in [2.45, 2.75) is 50.4 Å². The van der Waals surface area contributed by atoms with E-state index in [0.717, 1.165) is 54.4 Å². The highest BCUT2D eigenvalue weighted by Crippen LogP contribution is 2.38. The van der Waals surface area contributed by atoms with Crippen molar-refractivity contribution < 1.29 is 9.90 Å². The predicted octanol–water partition coefficient (Wildman–Crippen LogP) is 4.45. The number of carboxylic acid groups (broad SMARTS) is 1. The molecule has 0 spiro atoms. The van der Waals surface area contributed by atoms with Gasteiger partial charge in [0.25, 0.3) is 0 Å². The van der Waals surface area contributed by atoms with Gasteiger partial charge < -0.3 is 10.4 Å². The van der Waals surface area contributed by atoms with Crippen LogP contribution in [0.4, 0.5) is 0 Å². The van der Waals surface area contributed by atoms with Gasteiger partial charge in [0.1, 0.15) is 10.0 Å². The zero-order valence-electron chi connectivity index (χ0n) is 15.3. The maximum atomic E-state index is 11.1. The molecule has 0 radical (unpaired) electrons. The smallest absolute Gasteiger partial charge is 0.306 e. The van der Waals surface area contributed by atoms with Gasteiger partial charge in [0.05, 0.1) is 5.92 Å². The summed E-state index contributed by atoms with van der Waals surface area (Å²) in [5.41, 5.74) is 2.55. The van der Waals surface area contributed by atoms with Crippen molar-refractivity contribution >= 4 is 29.7 Å². The number of aromatic nitrogens is 2. The Morgan fingerprint density at radius 2 is 1.63 bits per heavy atom. The summed E-state index contributed by atoms with van der Waals surface area (Å²) in [7, 11) is 0. The van der Waals surface area contributed by atoms with Gasteiger partial charge in [-0.1, -0.05) is 35.6 Å². The van der Waals surface area contributed by atoms with Crippen molar-refractivity contribution in [2.75, 3.05) is 13.1 Å². The van der Waals surface area contributed by atoms with E-state index in [1.807, 2.05) is 0 Å². The van der Waals surface area contributed by atoms with Crippen molar-refractivity contribution in [1.82, 2.24) is 15.5 Å². The number of aliphatic carboxylic acids is 1. The second kappa shape index (κ2) is 9.13. The van der Waals surface area contributed by atoms with Gasteiger partial charge in [-0.2, -0.15) is 0 Å². The molecule has 27 heavy (non-hydrogen) atoms. The lowest BCUT2D eigenvalue weighted by molar-refractivity contribution is -0.142. The lowest BCUT2D eigenvalue weighted by Crippen LogP contribution is -2.26. The van der Waals surface area contributed by atoms with Crippen LogP contribution in [0.3, 0.4) is 0 Å². The first-order chi connectivity index (χ1) is 12.7. The fraction of sp³-hybridized carbons (Fsp3) is 0.550. The summed E-state index contributed by atoms with van der Waals surface area (Å²) in [5.74, 6) is 0.196. The van der Waals surface area contributed by atoms with Crippen LogP contribution >= 0.6 is 23.7 Å². The van der Waals surface area contributed by atoms with Gasteiger partial charge in [-0.05, 0) is 63.1 Å². The molecule has 1 aliphatic carbocycles. The number of halogens is 1. The molecular weight excluding hydrogens is 382 g/mol. The SMILES string of the molecule is Cl.O=C(O)[C@H]1CC[C@H](c2nnc(-c3ccc(C4CCNCC4)cc3)s2)CC1. The fourth-order valence-corrected chi connectivity index (χ4v) is 5.17. The van der Waals surface area contributed by atoms with Gasteiger partial charge in [-0.3, -0.25) is 4.79 Å². The highest BCUT2D eigenvalue weighted by molar-refractivity contribution is 7.14. The summed E-state index contributed by atoms with van der Waals surface area (Å²) in [6.07, 6.45) is 5.73. The first-order valence-corrected chi connectivity index (χ1v) is 10.4. The predicted molar refractivity (Wildman–Crippen MR) is 110 cm³/mol. The van der Waals surface area contributed by atoms with E-state index >= 15 is 0 Å². The van der Waals surface area contributed by atoms with Crippen molar-refractivity contribution in [3.05, 3.63) is 34.8 Å². The van der Waals surface area contributed by atoms with Crippen molar-refractivity contribution in [3.63, 3.8) is 0 Å². The fourth-order valence-electron chi connectivity index (χ4n) is 4.16. The van der Waals surface area contributed by atoms with Gasteiger partial charge in [-0.25, -0.2) is 0 Å². The molecule has 1 aliphatic heterocycles. The molecule has 4 rings (SSSR count). The van der Waals surface area contributed by atoms with Crippen molar-refractivity contribution in [3.8, 4) is 10.6 Å². The summed E-state index contributed by atoms with van der Waals surface area (Å²) in [4.78, 5) is 11.1. The largest absolute Gasteiger partial charge is 0.481 e. The molecule has 2 N–H and O–H groups in total. The number of rotatable bonds is 4. The number of nitrogens with zero attached hydrogens (tertiary/aromatic N) is 2. The van der Waals surface area contributed by atoms with Crippen LogP contribution in [0, 0.1) is 5.92 Å². The minimum absolute atomic E-state index is 0. The molecule has 146 valence electrons. The third-order valence-electron chi connectivity index (χ3n) is 5.83. The van der Waals surface area contributed by atoms with Gasteiger partial charge >= 0.3 is 5.97 Å². The van der Waals surface area contributed by atoms with E-state index in [9.17, 15) is 4.79 Å². The number of carboxylic acids is 1. The van der Waals surface area contributed by atoms with Crippen LogP contribution < -0.4 is 5.32 Å². The Hall–Kier alpha value is -1.50. The minimum Gasteiger partial charge on any atom is -0.481 e. The maximum Gasteiger partial charge on any atom is 0.306 e. The Morgan fingerprint density at radius 1 is 0.963 bits per heavy atom. The van der Waals surface area contributed by atoms with E-state index in [1.165, 1.54) is 18.4 Å². The zero-order valence-corrected chi connectivity index (χ0v) is 16.9. The first kappa shape index (κ1) is 20.2. The van der Waals surface area contributed by atoms with E-state index in [1.54, 1.807) is 11.3 Å². The first-order valence-electron chi connectivity index (χ1n) is 9.58. The van der Waals surface area contributed by atoms with Crippen molar-refractivity contribution in [1.29, 1.82) is 0 Å². The lowest BCUT2D eigenvalue weighted by Gasteiger charge is -2.24. The molecule has 5 nitrogen and oxygen atoms in total. The molecule has 2 aliphatic rings. The number of benzene rings is 1. The molecule has 2 fully saturated rings. The van der Waals surface area contributed by atoms with Crippen LogP contribution in [0.5, 0.6) is 0 Å². The normalized spacial score (nSPS) is 23.6. The summed E-state index contributed by atoms with van der Waals surface area (Å²) in [6.45, 7) is 2.21. The molecule has 1 aromatic carbocycles. The van der Waals surface area contributed by atoms with E-state index in [-0.39, 0.29) is 18.3 Å². The number of carbonyl (C=O) groups is 1. The van der Waals surface area contributed by atoms with Gasteiger partial charge in [-0.15, -0.1) is 22.6 Å². The number of nitrogens with one attached hydrogen (secondary N) is 1. The minimum atomic E-state index is -0.657. The Bertz CT molecular complexity index is 751. The second-order valence-electron chi connectivity index (χ2n) is 7.48. The van der Waals surface area contributed by atoms with E-state index < -0.39 is 5.97 Å². The highest BCUT2D eigenvalue weighted by atomic mass is 35.5. The number of hydrogen-bond acceptors (Lipinski definition) is 5. The van der Waals surface area contributed by atoms with Crippen LogP contribution in [-0.4, -0.2) is 34.4 Å². The van der Waals surface area contributed by atoms with Gasteiger partial charge in [0, 0.05) is 11.5 Å². The second-order valence-corrected chi connectivity index (χ2v) is 8.49. The molecule has 2 aromatic rings. The Labute approximate surface area is 170 Å². The molecule has 0 atom stereocenters. The van der Waals surface area contributed by atoms with E-state index in [4.69, 9.17) is 5.11 Å². The zero-order chi connectivity index (χ0) is 17.9. The average molecular weight is 408 g/mol.